The molecule has 0 fully saturated rings. The molecule has 0 heterocycles. The molecule has 2 rings (SSSR count). The fourth-order valence-corrected chi connectivity index (χ4v) is 3.75. The van der Waals surface area contributed by atoms with Gasteiger partial charge in [0.2, 0.25) is 7.50 Å². The van der Waals surface area contributed by atoms with Gasteiger partial charge in [0.05, 0.1) is 0 Å². The van der Waals surface area contributed by atoms with E-state index in [9.17, 15) is 0 Å². The van der Waals surface area contributed by atoms with Gasteiger partial charge in [-0.15, -0.1) is 0 Å². The third-order valence-corrected chi connectivity index (χ3v) is 5.64. The van der Waals surface area contributed by atoms with Crippen molar-refractivity contribution in [2.75, 3.05) is 0 Å². The third-order valence-electron chi connectivity index (χ3n) is 3.79. The van der Waals surface area contributed by atoms with E-state index in [0.717, 1.165) is 11.1 Å². The van der Waals surface area contributed by atoms with E-state index in [1.165, 1.54) is 11.1 Å². The van der Waals surface area contributed by atoms with Gasteiger partial charge in [0.25, 0.3) is 0 Å². The average Bonchev–Trinajstić information content (AvgIpc) is 2.46. The first-order chi connectivity index (χ1) is 10.6. The van der Waals surface area contributed by atoms with Gasteiger partial charge in [-0.1, -0.05) is 84.0 Å². The summed E-state index contributed by atoms with van der Waals surface area (Å²) in [6.07, 6.45) is 0. The highest BCUT2D eigenvalue weighted by molar-refractivity contribution is 7.86. The van der Waals surface area contributed by atoms with Crippen LogP contribution in [-0.2, 0) is 10.8 Å². The minimum atomic E-state index is -1.18. The summed E-state index contributed by atoms with van der Waals surface area (Å²) < 4.78 is 6.16. The smallest absolute Gasteiger partial charge is 0.215 e. The molecular formula is C20H26ClOP. The van der Waals surface area contributed by atoms with Gasteiger partial charge in [-0.2, -0.15) is 0 Å². The molecule has 2 aromatic carbocycles. The van der Waals surface area contributed by atoms with Crippen molar-refractivity contribution in [3.63, 3.8) is 0 Å². The van der Waals surface area contributed by atoms with E-state index in [2.05, 4.69) is 59.7 Å². The van der Waals surface area contributed by atoms with Gasteiger partial charge in [-0.05, 0) is 33.7 Å². The quantitative estimate of drug-likeness (QED) is 0.572. The molecule has 0 aliphatic rings. The first-order valence-electron chi connectivity index (χ1n) is 7.93. The molecule has 1 unspecified atom stereocenters. The van der Waals surface area contributed by atoms with Crippen LogP contribution in [0.5, 0.6) is 5.75 Å². The number of halogens is 1. The Hall–Kier alpha value is -1.04. The van der Waals surface area contributed by atoms with Gasteiger partial charge in [0.1, 0.15) is 5.75 Å². The molecule has 0 aliphatic carbocycles. The highest BCUT2D eigenvalue weighted by atomic mass is 35.7. The molecule has 1 nitrogen and oxygen atoms in total. The third kappa shape index (κ3) is 4.72. The van der Waals surface area contributed by atoms with Crippen LogP contribution in [0.3, 0.4) is 0 Å². The molecule has 0 radical (unpaired) electrons. The normalized spacial score (nSPS) is 13.7. The molecule has 0 amide bonds. The van der Waals surface area contributed by atoms with E-state index >= 15 is 0 Å². The van der Waals surface area contributed by atoms with E-state index < -0.39 is 7.50 Å². The Kier molecular flexibility index (Phi) is 5.44. The van der Waals surface area contributed by atoms with E-state index in [-0.39, 0.29) is 10.8 Å². The van der Waals surface area contributed by atoms with Gasteiger partial charge in [-0.3, -0.25) is 0 Å². The summed E-state index contributed by atoms with van der Waals surface area (Å²) in [5.41, 5.74) is 2.63. The van der Waals surface area contributed by atoms with Crippen LogP contribution in [0.15, 0.2) is 48.5 Å². The van der Waals surface area contributed by atoms with Crippen LogP contribution < -0.4 is 9.83 Å². The maximum absolute atomic E-state index is 6.54. The molecule has 0 spiro atoms. The largest absolute Gasteiger partial charge is 0.453 e. The van der Waals surface area contributed by atoms with Gasteiger partial charge < -0.3 is 4.52 Å². The first-order valence-corrected chi connectivity index (χ1v) is 10.1. The van der Waals surface area contributed by atoms with E-state index in [1.54, 1.807) is 0 Å². The van der Waals surface area contributed by atoms with Crippen molar-refractivity contribution in [3.05, 3.63) is 59.7 Å². The lowest BCUT2D eigenvalue weighted by Gasteiger charge is -2.27. The van der Waals surface area contributed by atoms with Gasteiger partial charge >= 0.3 is 0 Å². The average molecular weight is 349 g/mol. The number of rotatable bonds is 3. The maximum Gasteiger partial charge on any atom is 0.215 e. The van der Waals surface area contributed by atoms with Crippen LogP contribution >= 0.6 is 18.7 Å². The lowest BCUT2D eigenvalue weighted by Crippen LogP contribution is -2.17. The Labute approximate surface area is 146 Å². The molecule has 124 valence electrons. The molecule has 0 saturated carbocycles. The van der Waals surface area contributed by atoms with E-state index in [1.807, 2.05) is 30.3 Å². The minimum absolute atomic E-state index is 0.000341. The molecule has 23 heavy (non-hydrogen) atoms. The molecule has 0 saturated heterocycles. The fraction of sp³-hybridized carbons (Fsp3) is 0.400. The Bertz CT molecular complexity index is 654. The van der Waals surface area contributed by atoms with Crippen molar-refractivity contribution in [1.29, 1.82) is 0 Å². The maximum atomic E-state index is 6.54. The molecule has 0 aromatic heterocycles. The zero-order valence-corrected chi connectivity index (χ0v) is 16.5. The molecular weight excluding hydrogens is 323 g/mol. The zero-order valence-electron chi connectivity index (χ0n) is 14.9. The Morgan fingerprint density at radius 3 is 1.96 bits per heavy atom. The standard InChI is InChI=1S/C20H26ClOP/c1-19(2,3)15-12-13-18(17(14-15)20(4,5)6)22-23(21)16-10-8-7-9-11-16/h7-14H,1-6H3. The Morgan fingerprint density at radius 2 is 1.43 bits per heavy atom. The summed E-state index contributed by atoms with van der Waals surface area (Å²) in [5, 5.41) is 1.03. The number of benzene rings is 2. The number of hydrogen-bond donors (Lipinski definition) is 0. The summed E-state index contributed by atoms with van der Waals surface area (Å²) in [4.78, 5) is 0. The van der Waals surface area contributed by atoms with Crippen molar-refractivity contribution in [3.8, 4) is 5.75 Å². The Morgan fingerprint density at radius 1 is 0.826 bits per heavy atom. The van der Waals surface area contributed by atoms with Crippen molar-refractivity contribution in [1.82, 2.24) is 0 Å². The molecule has 3 heteroatoms. The highest BCUT2D eigenvalue weighted by Crippen LogP contribution is 2.46. The van der Waals surface area contributed by atoms with Crippen LogP contribution in [0, 0.1) is 0 Å². The Balaban J connectivity index is 2.38. The SMILES string of the molecule is CC(C)(C)c1ccc(OP(Cl)c2ccccc2)c(C(C)(C)C)c1. The summed E-state index contributed by atoms with van der Waals surface area (Å²) in [6.45, 7) is 13.3. The summed E-state index contributed by atoms with van der Waals surface area (Å²) in [7, 11) is -1.18. The fourth-order valence-electron chi connectivity index (χ4n) is 2.35. The second-order valence-corrected chi connectivity index (χ2v) is 9.99. The minimum Gasteiger partial charge on any atom is -0.453 e. The predicted molar refractivity (Wildman–Crippen MR) is 103 cm³/mol. The van der Waals surface area contributed by atoms with Gasteiger partial charge in [0, 0.05) is 10.9 Å². The van der Waals surface area contributed by atoms with Gasteiger partial charge in [0.15, 0.2) is 0 Å². The van der Waals surface area contributed by atoms with Gasteiger partial charge in [-0.25, -0.2) is 0 Å². The first kappa shape index (κ1) is 18.3. The predicted octanol–water partition coefficient (Wildman–Crippen LogP) is 6.54. The van der Waals surface area contributed by atoms with Crippen molar-refractivity contribution >= 4 is 24.0 Å². The second-order valence-electron chi connectivity index (χ2n) is 7.88. The molecule has 0 aliphatic heterocycles. The molecule has 0 bridgehead atoms. The van der Waals surface area contributed by atoms with Crippen LogP contribution in [-0.4, -0.2) is 0 Å². The lowest BCUT2D eigenvalue weighted by atomic mass is 9.80. The van der Waals surface area contributed by atoms with Crippen LogP contribution in [0.2, 0.25) is 0 Å². The topological polar surface area (TPSA) is 9.23 Å². The molecule has 0 N–H and O–H groups in total. The lowest BCUT2D eigenvalue weighted by molar-refractivity contribution is 0.533. The van der Waals surface area contributed by atoms with E-state index in [0.29, 0.717) is 0 Å². The van der Waals surface area contributed by atoms with Crippen LogP contribution in [0.25, 0.3) is 0 Å². The summed E-state index contributed by atoms with van der Waals surface area (Å²) in [6, 6.07) is 16.5. The van der Waals surface area contributed by atoms with Crippen molar-refractivity contribution < 1.29 is 4.52 Å². The van der Waals surface area contributed by atoms with E-state index in [4.69, 9.17) is 15.8 Å². The van der Waals surface area contributed by atoms with Crippen molar-refractivity contribution in [2.45, 2.75) is 52.4 Å². The number of hydrogen-bond acceptors (Lipinski definition) is 1. The van der Waals surface area contributed by atoms with Crippen molar-refractivity contribution in [2.24, 2.45) is 0 Å². The summed E-state index contributed by atoms with van der Waals surface area (Å²) >= 11 is 6.54. The zero-order chi connectivity index (χ0) is 17.3. The molecule has 1 atom stereocenters. The monoisotopic (exact) mass is 348 g/mol. The van der Waals surface area contributed by atoms with Crippen LogP contribution in [0.1, 0.15) is 52.7 Å². The summed E-state index contributed by atoms with van der Waals surface area (Å²) in [5.74, 6) is 0.885. The van der Waals surface area contributed by atoms with Crippen LogP contribution in [0.4, 0.5) is 0 Å². The highest BCUT2D eigenvalue weighted by Gasteiger charge is 2.24. The second kappa shape index (κ2) is 6.83. The molecule has 2 aromatic rings.